The van der Waals surface area contributed by atoms with Gasteiger partial charge in [0.25, 0.3) is 0 Å². The van der Waals surface area contributed by atoms with Crippen LogP contribution < -0.4 is 16.2 Å². The van der Waals surface area contributed by atoms with Gasteiger partial charge in [0.05, 0.1) is 30.6 Å². The van der Waals surface area contributed by atoms with Crippen LogP contribution in [0.5, 0.6) is 5.75 Å². The first-order valence-electron chi connectivity index (χ1n) is 12.2. The summed E-state index contributed by atoms with van der Waals surface area (Å²) in [6.45, 7) is -0.0112. The molecule has 1 saturated carbocycles. The van der Waals surface area contributed by atoms with Gasteiger partial charge in [0, 0.05) is 23.9 Å². The van der Waals surface area contributed by atoms with Crippen LogP contribution in [-0.4, -0.2) is 37.4 Å². The van der Waals surface area contributed by atoms with Crippen molar-refractivity contribution in [2.24, 2.45) is 11.8 Å². The summed E-state index contributed by atoms with van der Waals surface area (Å²) < 4.78 is 82.2. The lowest BCUT2D eigenvalue weighted by Crippen LogP contribution is -2.39. The van der Waals surface area contributed by atoms with Crippen molar-refractivity contribution in [1.29, 1.82) is 0 Å². The van der Waals surface area contributed by atoms with Crippen molar-refractivity contribution in [1.82, 2.24) is 0 Å². The summed E-state index contributed by atoms with van der Waals surface area (Å²) in [5.74, 6) is -4.27. The molecule has 212 valence electrons. The van der Waals surface area contributed by atoms with Crippen LogP contribution in [0.3, 0.4) is 0 Å². The molecule has 0 bridgehead atoms. The highest BCUT2D eigenvalue weighted by Crippen LogP contribution is 2.44. The first kappa shape index (κ1) is 29.7. The Morgan fingerprint density at radius 3 is 2.00 bits per heavy atom. The van der Waals surface area contributed by atoms with Crippen LogP contribution in [0.2, 0.25) is 0 Å². The third kappa shape index (κ3) is 9.15. The normalized spacial score (nSPS) is 18.1. The molecule has 2 aromatic rings. The lowest BCUT2D eigenvalue weighted by Gasteiger charge is -2.33. The Bertz CT molecular complexity index is 1140. The van der Waals surface area contributed by atoms with E-state index < -0.39 is 36.1 Å². The van der Waals surface area contributed by atoms with Crippen LogP contribution in [0.15, 0.2) is 48.5 Å². The summed E-state index contributed by atoms with van der Waals surface area (Å²) in [5.41, 5.74) is 12.6. The fourth-order valence-electron chi connectivity index (χ4n) is 4.13. The molecule has 0 radical (unpaired) electrons. The van der Waals surface area contributed by atoms with Gasteiger partial charge in [-0.05, 0) is 67.7 Å². The van der Waals surface area contributed by atoms with Crippen molar-refractivity contribution in [3.05, 3.63) is 59.7 Å². The van der Waals surface area contributed by atoms with E-state index >= 15 is 0 Å². The van der Waals surface area contributed by atoms with Gasteiger partial charge < -0.3 is 25.7 Å². The molecule has 1 aliphatic carbocycles. The number of carbonyl (C=O) groups excluding carboxylic acids is 2. The zero-order valence-electron chi connectivity index (χ0n) is 20.9. The monoisotopic (exact) mass is 556 g/mol. The predicted molar refractivity (Wildman–Crippen MR) is 134 cm³/mol. The number of rotatable bonds is 10. The molecular formula is C27H29F5N2O5. The first-order valence-corrected chi connectivity index (χ1v) is 12.2. The van der Waals surface area contributed by atoms with E-state index in [4.69, 9.17) is 25.7 Å². The fourth-order valence-corrected chi connectivity index (χ4v) is 4.13. The fraction of sp³-hybridized carbons (Fsp3) is 0.407. The molecule has 0 aromatic heterocycles. The van der Waals surface area contributed by atoms with Crippen LogP contribution in [0, 0.1) is 11.8 Å². The second-order valence-corrected chi connectivity index (χ2v) is 9.20. The number of benzene rings is 2. The molecule has 12 heteroatoms. The van der Waals surface area contributed by atoms with Crippen molar-refractivity contribution in [2.45, 2.75) is 44.4 Å². The van der Waals surface area contributed by atoms with Gasteiger partial charge in [-0.2, -0.15) is 22.0 Å². The summed E-state index contributed by atoms with van der Waals surface area (Å²) in [7, 11) is 0. The summed E-state index contributed by atoms with van der Waals surface area (Å²) in [4.78, 5) is 23.9. The Hall–Kier alpha value is -3.83. The number of hydrogen-bond donors (Lipinski definition) is 2. The Labute approximate surface area is 221 Å². The highest BCUT2D eigenvalue weighted by atomic mass is 19.4. The van der Waals surface area contributed by atoms with Gasteiger partial charge in [0.2, 0.25) is 0 Å². The van der Waals surface area contributed by atoms with E-state index in [-0.39, 0.29) is 56.6 Å². The third-order valence-corrected chi connectivity index (χ3v) is 6.19. The molecule has 0 spiro atoms. The predicted octanol–water partition coefficient (Wildman–Crippen LogP) is 5.99. The van der Waals surface area contributed by atoms with Crippen molar-refractivity contribution in [2.75, 3.05) is 24.7 Å². The molecule has 0 unspecified atom stereocenters. The standard InChI is InChI=1S/C27H29F5N2O5/c28-26(29,30)19-5-7-20(8-6-19)27(31,32)39-23-9-2-17(3-10-23)4-11-24(35)37-12-1-13-38-25(36)18-14-21(33)16-22(34)15-18/h2-4,9-11,14-16,19-20H,1,5-8,12-13,33-34H2/b11-4+. The van der Waals surface area contributed by atoms with Crippen molar-refractivity contribution in [3.63, 3.8) is 0 Å². The Morgan fingerprint density at radius 2 is 1.41 bits per heavy atom. The van der Waals surface area contributed by atoms with E-state index in [1.165, 1.54) is 48.5 Å². The van der Waals surface area contributed by atoms with Crippen LogP contribution in [0.4, 0.5) is 33.3 Å². The van der Waals surface area contributed by atoms with E-state index in [1.54, 1.807) is 0 Å². The van der Waals surface area contributed by atoms with Crippen LogP contribution in [0.25, 0.3) is 6.08 Å². The molecule has 0 atom stereocenters. The molecule has 0 amide bonds. The van der Waals surface area contributed by atoms with E-state index in [0.717, 1.165) is 6.08 Å². The zero-order chi connectivity index (χ0) is 28.6. The van der Waals surface area contributed by atoms with Gasteiger partial charge in [-0.3, -0.25) is 0 Å². The number of hydrogen-bond acceptors (Lipinski definition) is 7. The van der Waals surface area contributed by atoms with Gasteiger partial charge in [-0.15, -0.1) is 0 Å². The number of alkyl halides is 5. The lowest BCUT2D eigenvalue weighted by molar-refractivity contribution is -0.237. The quantitative estimate of drug-likeness (QED) is 0.121. The topological polar surface area (TPSA) is 114 Å². The van der Waals surface area contributed by atoms with Gasteiger partial charge in [-0.1, -0.05) is 12.1 Å². The SMILES string of the molecule is Nc1cc(N)cc(C(=O)OCCCOC(=O)/C=C/c2ccc(OC(F)(F)C3CCC(C(F)(F)F)CC3)cc2)c1. The highest BCUT2D eigenvalue weighted by Gasteiger charge is 2.48. The average molecular weight is 557 g/mol. The van der Waals surface area contributed by atoms with Gasteiger partial charge >= 0.3 is 24.2 Å². The second kappa shape index (κ2) is 12.8. The Balaban J connectivity index is 1.38. The molecule has 4 N–H and O–H groups in total. The number of esters is 2. The molecule has 0 aliphatic heterocycles. The van der Waals surface area contributed by atoms with Gasteiger partial charge in [-0.25, -0.2) is 9.59 Å². The Kier molecular flexibility index (Phi) is 9.76. The van der Waals surface area contributed by atoms with E-state index in [2.05, 4.69) is 0 Å². The number of carbonyl (C=O) groups is 2. The Morgan fingerprint density at radius 1 is 0.846 bits per heavy atom. The summed E-state index contributed by atoms with van der Waals surface area (Å²) in [6.07, 6.45) is -6.43. The minimum absolute atomic E-state index is 0.000392. The summed E-state index contributed by atoms with van der Waals surface area (Å²) in [5, 5.41) is 0. The number of nitrogen functional groups attached to an aromatic ring is 2. The molecule has 0 saturated heterocycles. The number of anilines is 2. The molecule has 3 rings (SSSR count). The van der Waals surface area contributed by atoms with Crippen LogP contribution >= 0.6 is 0 Å². The van der Waals surface area contributed by atoms with E-state index in [1.807, 2.05) is 0 Å². The van der Waals surface area contributed by atoms with Gasteiger partial charge in [0.1, 0.15) is 5.75 Å². The molecular weight excluding hydrogens is 527 g/mol. The summed E-state index contributed by atoms with van der Waals surface area (Å²) in [6, 6.07) is 9.81. The zero-order valence-corrected chi connectivity index (χ0v) is 20.9. The third-order valence-electron chi connectivity index (χ3n) is 6.19. The molecule has 1 fully saturated rings. The highest BCUT2D eigenvalue weighted by molar-refractivity contribution is 5.91. The molecule has 7 nitrogen and oxygen atoms in total. The first-order chi connectivity index (χ1) is 18.3. The second-order valence-electron chi connectivity index (χ2n) is 9.20. The number of nitrogens with two attached hydrogens (primary N) is 2. The smallest absolute Gasteiger partial charge is 0.400 e. The molecule has 39 heavy (non-hydrogen) atoms. The molecule has 1 aliphatic rings. The average Bonchev–Trinajstić information content (AvgIpc) is 2.87. The van der Waals surface area contributed by atoms with Crippen molar-refractivity contribution < 1.29 is 45.8 Å². The van der Waals surface area contributed by atoms with E-state index in [0.29, 0.717) is 16.9 Å². The maximum atomic E-state index is 14.5. The lowest BCUT2D eigenvalue weighted by atomic mass is 9.81. The van der Waals surface area contributed by atoms with Crippen LogP contribution in [-0.2, 0) is 14.3 Å². The van der Waals surface area contributed by atoms with Crippen molar-refractivity contribution >= 4 is 29.4 Å². The maximum Gasteiger partial charge on any atom is 0.400 e. The minimum atomic E-state index is -4.38. The molecule has 2 aromatic carbocycles. The number of ether oxygens (including phenoxy) is 3. The van der Waals surface area contributed by atoms with E-state index in [9.17, 15) is 31.5 Å². The van der Waals surface area contributed by atoms with Crippen LogP contribution in [0.1, 0.15) is 48.0 Å². The molecule has 0 heterocycles. The summed E-state index contributed by atoms with van der Waals surface area (Å²) >= 11 is 0. The minimum Gasteiger partial charge on any atom is -0.462 e. The van der Waals surface area contributed by atoms with Crippen molar-refractivity contribution in [3.8, 4) is 5.75 Å². The van der Waals surface area contributed by atoms with Gasteiger partial charge in [0.15, 0.2) is 0 Å². The maximum absolute atomic E-state index is 14.5. The largest absolute Gasteiger partial charge is 0.462 e. The number of halogens is 5.